The van der Waals surface area contributed by atoms with Crippen molar-refractivity contribution in [2.24, 2.45) is 13.0 Å². The van der Waals surface area contributed by atoms with Crippen molar-refractivity contribution in [2.75, 3.05) is 7.05 Å². The number of nitrogens with zero attached hydrogens (tertiary/aromatic N) is 3. The number of amides is 2. The first kappa shape index (κ1) is 16.3. The van der Waals surface area contributed by atoms with Crippen molar-refractivity contribution in [3.63, 3.8) is 0 Å². The molecule has 25 heavy (non-hydrogen) atoms. The summed E-state index contributed by atoms with van der Waals surface area (Å²) in [4.78, 5) is 28.0. The van der Waals surface area contributed by atoms with Crippen LogP contribution >= 0.6 is 11.3 Å². The van der Waals surface area contributed by atoms with Crippen LogP contribution in [0.15, 0.2) is 23.7 Å². The van der Waals surface area contributed by atoms with Gasteiger partial charge in [-0.2, -0.15) is 5.10 Å². The van der Waals surface area contributed by atoms with Crippen LogP contribution in [-0.2, 0) is 23.1 Å². The summed E-state index contributed by atoms with van der Waals surface area (Å²) in [5, 5.41) is 9.52. The zero-order chi connectivity index (χ0) is 17.6. The molecule has 2 aromatic heterocycles. The van der Waals surface area contributed by atoms with Crippen molar-refractivity contribution < 1.29 is 9.59 Å². The lowest BCUT2D eigenvalue weighted by atomic mass is 9.91. The molecule has 3 atom stereocenters. The Morgan fingerprint density at radius 1 is 1.40 bits per heavy atom. The lowest BCUT2D eigenvalue weighted by Gasteiger charge is -2.27. The highest BCUT2D eigenvalue weighted by Crippen LogP contribution is 2.40. The molecule has 0 radical (unpaired) electrons. The first-order valence-corrected chi connectivity index (χ1v) is 9.54. The number of thiophene rings is 1. The van der Waals surface area contributed by atoms with Crippen LogP contribution in [0.25, 0.3) is 0 Å². The van der Waals surface area contributed by atoms with Gasteiger partial charge in [0.1, 0.15) is 0 Å². The number of aromatic nitrogens is 2. The largest absolute Gasteiger partial charge is 0.349 e. The predicted octanol–water partition coefficient (Wildman–Crippen LogP) is 2.19. The monoisotopic (exact) mass is 358 g/mol. The summed E-state index contributed by atoms with van der Waals surface area (Å²) in [7, 11) is 3.74. The molecule has 1 saturated heterocycles. The highest BCUT2D eigenvalue weighted by Gasteiger charge is 2.43. The summed E-state index contributed by atoms with van der Waals surface area (Å²) in [6, 6.07) is 3.80. The van der Waals surface area contributed by atoms with Gasteiger partial charge in [0, 0.05) is 36.7 Å². The van der Waals surface area contributed by atoms with Crippen molar-refractivity contribution in [3.05, 3.63) is 39.8 Å². The zero-order valence-corrected chi connectivity index (χ0v) is 15.3. The fourth-order valence-electron chi connectivity index (χ4n) is 4.09. The normalized spacial score (nSPS) is 25.9. The molecule has 132 valence electrons. The quantitative estimate of drug-likeness (QED) is 0.915. The van der Waals surface area contributed by atoms with Gasteiger partial charge in [0.25, 0.3) is 0 Å². The van der Waals surface area contributed by atoms with Gasteiger partial charge in [-0.1, -0.05) is 6.07 Å². The number of carbonyl (C=O) groups is 2. The van der Waals surface area contributed by atoms with Crippen molar-refractivity contribution in [1.29, 1.82) is 0 Å². The SMILES string of the molecule is CN1C(=O)C[C@H](C(=O)N[C@H]2CCCc3c2cnn3C)[C@@H]1c1cccs1. The van der Waals surface area contributed by atoms with Gasteiger partial charge >= 0.3 is 0 Å². The molecule has 4 rings (SSSR count). The molecule has 3 heterocycles. The minimum atomic E-state index is -0.335. The van der Waals surface area contributed by atoms with Gasteiger partial charge < -0.3 is 10.2 Å². The van der Waals surface area contributed by atoms with E-state index in [0.29, 0.717) is 0 Å². The van der Waals surface area contributed by atoms with E-state index in [1.165, 1.54) is 5.69 Å². The molecule has 1 aliphatic carbocycles. The molecule has 0 unspecified atom stereocenters. The summed E-state index contributed by atoms with van der Waals surface area (Å²) in [6.07, 6.45) is 5.10. The van der Waals surface area contributed by atoms with Gasteiger partial charge in [0.15, 0.2) is 0 Å². The highest BCUT2D eigenvalue weighted by molar-refractivity contribution is 7.10. The lowest BCUT2D eigenvalue weighted by Crippen LogP contribution is -2.37. The van der Waals surface area contributed by atoms with Crippen LogP contribution in [0.1, 0.15) is 47.5 Å². The molecular weight excluding hydrogens is 336 g/mol. The second-order valence-corrected chi connectivity index (χ2v) is 7.88. The Bertz CT molecular complexity index is 798. The Morgan fingerprint density at radius 3 is 3.00 bits per heavy atom. The van der Waals surface area contributed by atoms with E-state index in [0.717, 1.165) is 29.7 Å². The van der Waals surface area contributed by atoms with Gasteiger partial charge in [-0.05, 0) is 30.7 Å². The Hall–Kier alpha value is -2.15. The Morgan fingerprint density at radius 2 is 2.24 bits per heavy atom. The summed E-state index contributed by atoms with van der Waals surface area (Å²) in [5.41, 5.74) is 2.32. The zero-order valence-electron chi connectivity index (χ0n) is 14.4. The Labute approximate surface area is 150 Å². The summed E-state index contributed by atoms with van der Waals surface area (Å²) in [5.74, 6) is -0.333. The molecule has 0 bridgehead atoms. The molecular formula is C18H22N4O2S. The van der Waals surface area contributed by atoms with Crippen molar-refractivity contribution in [1.82, 2.24) is 20.0 Å². The first-order chi connectivity index (χ1) is 12.1. The maximum absolute atomic E-state index is 13.0. The maximum atomic E-state index is 13.0. The van der Waals surface area contributed by atoms with Gasteiger partial charge in [-0.15, -0.1) is 11.3 Å². The third kappa shape index (κ3) is 2.76. The van der Waals surface area contributed by atoms with Gasteiger partial charge in [0.2, 0.25) is 11.8 Å². The summed E-state index contributed by atoms with van der Waals surface area (Å²) < 4.78 is 1.90. The second-order valence-electron chi connectivity index (χ2n) is 6.90. The van der Waals surface area contributed by atoms with E-state index in [2.05, 4.69) is 10.4 Å². The fraction of sp³-hybridized carbons (Fsp3) is 0.500. The lowest BCUT2D eigenvalue weighted by molar-refractivity contribution is -0.128. The molecule has 1 fully saturated rings. The Balaban J connectivity index is 1.56. The molecule has 6 nitrogen and oxygen atoms in total. The van der Waals surface area contributed by atoms with E-state index >= 15 is 0 Å². The van der Waals surface area contributed by atoms with Crippen LogP contribution in [0, 0.1) is 5.92 Å². The Kier molecular flexibility index (Phi) is 4.11. The molecule has 2 aliphatic rings. The molecule has 0 spiro atoms. The van der Waals surface area contributed by atoms with E-state index < -0.39 is 0 Å². The number of hydrogen-bond donors (Lipinski definition) is 1. The number of hydrogen-bond acceptors (Lipinski definition) is 4. The van der Waals surface area contributed by atoms with Crippen molar-refractivity contribution >= 4 is 23.2 Å². The average molecular weight is 358 g/mol. The maximum Gasteiger partial charge on any atom is 0.226 e. The number of rotatable bonds is 3. The average Bonchev–Trinajstić information content (AvgIpc) is 3.30. The second kappa shape index (κ2) is 6.29. The van der Waals surface area contributed by atoms with E-state index in [1.807, 2.05) is 35.4 Å². The van der Waals surface area contributed by atoms with Crippen LogP contribution in [0.5, 0.6) is 0 Å². The number of likely N-dealkylation sites (tertiary alicyclic amines) is 1. The number of carbonyl (C=O) groups excluding carboxylic acids is 2. The first-order valence-electron chi connectivity index (χ1n) is 8.66. The molecule has 2 amide bonds. The standard InChI is InChI=1S/C18H22N4O2S/c1-21-16(23)9-11(17(21)15-7-4-8-25-15)18(24)20-13-5-3-6-14-12(13)10-19-22(14)2/h4,7-8,10-11,13,17H,3,5-6,9H2,1-2H3,(H,20,24)/t11-,13-,17+/m0/s1. The minimum absolute atomic E-state index is 0.00468. The summed E-state index contributed by atoms with van der Waals surface area (Å²) >= 11 is 1.60. The molecule has 7 heteroatoms. The van der Waals surface area contributed by atoms with E-state index in [9.17, 15) is 9.59 Å². The molecule has 2 aromatic rings. The molecule has 1 aliphatic heterocycles. The molecule has 0 aromatic carbocycles. The predicted molar refractivity (Wildman–Crippen MR) is 95.0 cm³/mol. The van der Waals surface area contributed by atoms with Gasteiger partial charge in [0.05, 0.1) is 24.2 Å². The highest BCUT2D eigenvalue weighted by atomic mass is 32.1. The third-order valence-corrected chi connectivity index (χ3v) is 6.39. The van der Waals surface area contributed by atoms with Crippen LogP contribution in [0.4, 0.5) is 0 Å². The van der Waals surface area contributed by atoms with Crippen LogP contribution in [-0.4, -0.2) is 33.5 Å². The van der Waals surface area contributed by atoms with Crippen molar-refractivity contribution in [2.45, 2.75) is 37.8 Å². The van der Waals surface area contributed by atoms with E-state index in [4.69, 9.17) is 0 Å². The number of nitrogens with one attached hydrogen (secondary N) is 1. The minimum Gasteiger partial charge on any atom is -0.349 e. The molecule has 1 N–H and O–H groups in total. The van der Waals surface area contributed by atoms with E-state index in [-0.39, 0.29) is 36.2 Å². The van der Waals surface area contributed by atoms with Crippen LogP contribution in [0.3, 0.4) is 0 Å². The van der Waals surface area contributed by atoms with Gasteiger partial charge in [-0.25, -0.2) is 0 Å². The number of aryl methyl sites for hydroxylation is 1. The smallest absolute Gasteiger partial charge is 0.226 e. The number of fused-ring (bicyclic) bond motifs is 1. The van der Waals surface area contributed by atoms with Crippen molar-refractivity contribution in [3.8, 4) is 0 Å². The van der Waals surface area contributed by atoms with Gasteiger partial charge in [-0.3, -0.25) is 14.3 Å². The topological polar surface area (TPSA) is 67.2 Å². The van der Waals surface area contributed by atoms with Crippen LogP contribution < -0.4 is 5.32 Å². The van der Waals surface area contributed by atoms with Crippen LogP contribution in [0.2, 0.25) is 0 Å². The summed E-state index contributed by atoms with van der Waals surface area (Å²) in [6.45, 7) is 0. The van der Waals surface area contributed by atoms with E-state index in [1.54, 1.807) is 23.3 Å². The molecule has 0 saturated carbocycles. The fourth-order valence-corrected chi connectivity index (χ4v) is 5.02. The third-order valence-electron chi connectivity index (χ3n) is 5.45.